The molecule has 0 spiro atoms. The zero-order valence-corrected chi connectivity index (χ0v) is 26.3. The number of ether oxygens (including phenoxy) is 2. The highest BCUT2D eigenvalue weighted by molar-refractivity contribution is 5.89. The van der Waals surface area contributed by atoms with Crippen molar-refractivity contribution in [1.82, 2.24) is 5.32 Å². The molecule has 0 aliphatic rings. The Morgan fingerprint density at radius 2 is 1.20 bits per heavy atom. The van der Waals surface area contributed by atoms with Crippen molar-refractivity contribution in [3.8, 4) is 0 Å². The molecule has 41 heavy (non-hydrogen) atoms. The highest BCUT2D eigenvalue weighted by Crippen LogP contribution is 2.09. The van der Waals surface area contributed by atoms with Gasteiger partial charge in [-0.15, -0.1) is 0 Å². The molecule has 0 heterocycles. The van der Waals surface area contributed by atoms with Crippen LogP contribution in [0.5, 0.6) is 0 Å². The predicted octanol–water partition coefficient (Wildman–Crippen LogP) is 9.30. The lowest BCUT2D eigenvalue weighted by Crippen LogP contribution is -2.17. The second-order valence-corrected chi connectivity index (χ2v) is 11.0. The maximum Gasteiger partial charge on any atom is 0.338 e. The Balaban J connectivity index is 1.94. The van der Waals surface area contributed by atoms with Crippen LogP contribution in [-0.4, -0.2) is 38.2 Å². The summed E-state index contributed by atoms with van der Waals surface area (Å²) in [5.74, 6) is -0.335. The summed E-state index contributed by atoms with van der Waals surface area (Å²) < 4.78 is 10.6. The fourth-order valence-corrected chi connectivity index (χ4v) is 4.57. The van der Waals surface area contributed by atoms with Crippen LogP contribution in [0, 0.1) is 0 Å². The smallest absolute Gasteiger partial charge is 0.338 e. The molecule has 1 N–H and O–H groups in total. The molecule has 0 aliphatic carbocycles. The molecular weight excluding hydrogens is 510 g/mol. The van der Waals surface area contributed by atoms with E-state index in [0.29, 0.717) is 25.2 Å². The van der Waals surface area contributed by atoms with E-state index in [0.717, 1.165) is 58.0 Å². The third kappa shape index (κ3) is 22.9. The molecule has 0 saturated heterocycles. The van der Waals surface area contributed by atoms with E-state index in [-0.39, 0.29) is 11.9 Å². The quantitative estimate of drug-likeness (QED) is 0.0650. The third-order valence-corrected chi connectivity index (χ3v) is 7.18. The first-order valence-corrected chi connectivity index (χ1v) is 16.6. The van der Waals surface area contributed by atoms with Gasteiger partial charge in [0.2, 0.25) is 0 Å². The minimum atomic E-state index is -0.259. The normalized spacial score (nSPS) is 11.5. The largest absolute Gasteiger partial charge is 0.461 e. The summed E-state index contributed by atoms with van der Waals surface area (Å²) in [6, 6.07) is 7.80. The van der Waals surface area contributed by atoms with E-state index < -0.39 is 0 Å². The van der Waals surface area contributed by atoms with Crippen molar-refractivity contribution in [2.24, 2.45) is 0 Å². The van der Waals surface area contributed by atoms with Gasteiger partial charge in [0.15, 0.2) is 0 Å². The lowest BCUT2D eigenvalue weighted by Gasteiger charge is -2.06. The van der Waals surface area contributed by atoms with Gasteiger partial charge in [-0.1, -0.05) is 108 Å². The standard InChI is InChI=1S/C36H59NO4/c1-3-5-7-9-11-16-20-31-40-35(38)24-18-14-13-15-19-29-37-30-22-23-33-25-27-34(28-26-33)36(39)41-32-21-17-12-10-8-6-4-2/h16-17,20-21,25-28,37H,3-15,18-19,22-24,29-32H2,1-2H3/b20-16-,21-17-. The van der Waals surface area contributed by atoms with Crippen molar-refractivity contribution in [2.75, 3.05) is 26.3 Å². The van der Waals surface area contributed by atoms with Gasteiger partial charge in [0.1, 0.15) is 13.2 Å². The molecule has 0 aromatic heterocycles. The van der Waals surface area contributed by atoms with E-state index >= 15 is 0 Å². The topological polar surface area (TPSA) is 64.6 Å². The number of esters is 2. The van der Waals surface area contributed by atoms with Gasteiger partial charge >= 0.3 is 11.9 Å². The predicted molar refractivity (Wildman–Crippen MR) is 172 cm³/mol. The number of carbonyl (C=O) groups excluding carboxylic acids is 2. The van der Waals surface area contributed by atoms with Gasteiger partial charge < -0.3 is 14.8 Å². The number of hydrogen-bond acceptors (Lipinski definition) is 5. The summed E-state index contributed by atoms with van der Waals surface area (Å²) in [5, 5.41) is 3.53. The summed E-state index contributed by atoms with van der Waals surface area (Å²) in [5.41, 5.74) is 1.85. The molecule has 232 valence electrons. The Labute approximate surface area is 251 Å². The first kappa shape index (κ1) is 36.6. The fourth-order valence-electron chi connectivity index (χ4n) is 4.57. The molecule has 0 fully saturated rings. The fraction of sp³-hybridized carbons (Fsp3) is 0.667. The molecule has 0 unspecified atom stereocenters. The van der Waals surface area contributed by atoms with Crippen LogP contribution in [-0.2, 0) is 20.7 Å². The van der Waals surface area contributed by atoms with Crippen molar-refractivity contribution >= 4 is 11.9 Å². The maximum absolute atomic E-state index is 12.2. The monoisotopic (exact) mass is 569 g/mol. The van der Waals surface area contributed by atoms with E-state index in [9.17, 15) is 9.59 Å². The lowest BCUT2D eigenvalue weighted by atomic mass is 10.1. The lowest BCUT2D eigenvalue weighted by molar-refractivity contribution is -0.142. The van der Waals surface area contributed by atoms with Gasteiger partial charge in [-0.25, -0.2) is 4.79 Å². The van der Waals surface area contributed by atoms with E-state index in [2.05, 4.69) is 31.3 Å². The number of carbonyl (C=O) groups is 2. The molecule has 0 bridgehead atoms. The molecular formula is C36H59NO4. The Kier molecular flexibility index (Phi) is 24.8. The summed E-state index contributed by atoms with van der Waals surface area (Å²) in [7, 11) is 0. The van der Waals surface area contributed by atoms with Crippen molar-refractivity contribution in [3.63, 3.8) is 0 Å². The van der Waals surface area contributed by atoms with Gasteiger partial charge in [-0.05, 0) is 82.2 Å². The number of allylic oxidation sites excluding steroid dienone is 2. The Hall–Kier alpha value is -2.40. The Morgan fingerprint density at radius 3 is 1.85 bits per heavy atom. The molecule has 1 rings (SSSR count). The van der Waals surface area contributed by atoms with E-state index in [1.807, 2.05) is 36.4 Å². The number of hydrogen-bond donors (Lipinski definition) is 1. The minimum absolute atomic E-state index is 0.0758. The second-order valence-electron chi connectivity index (χ2n) is 11.0. The Bertz CT molecular complexity index is 815. The van der Waals surface area contributed by atoms with Crippen LogP contribution in [0.2, 0.25) is 0 Å². The van der Waals surface area contributed by atoms with Crippen LogP contribution in [0.25, 0.3) is 0 Å². The van der Waals surface area contributed by atoms with Crippen LogP contribution in [0.1, 0.15) is 139 Å². The van der Waals surface area contributed by atoms with Crippen LogP contribution < -0.4 is 5.32 Å². The summed E-state index contributed by atoms with van der Waals surface area (Å²) in [6.45, 7) is 7.21. The number of aryl methyl sites for hydroxylation is 1. The average Bonchev–Trinajstić information content (AvgIpc) is 2.98. The summed E-state index contributed by atoms with van der Waals surface area (Å²) in [6.07, 6.45) is 28.5. The number of nitrogens with one attached hydrogen (secondary N) is 1. The SMILES string of the molecule is CCCCCC/C=C\COC(=O)CCCCCCCNCCCc1ccc(C(=O)OC/C=C\CCCCCC)cc1. The van der Waals surface area contributed by atoms with E-state index in [4.69, 9.17) is 9.47 Å². The minimum Gasteiger partial charge on any atom is -0.461 e. The molecule has 0 aliphatic heterocycles. The molecule has 1 aromatic carbocycles. The van der Waals surface area contributed by atoms with Crippen LogP contribution >= 0.6 is 0 Å². The van der Waals surface area contributed by atoms with Gasteiger partial charge in [-0.2, -0.15) is 0 Å². The van der Waals surface area contributed by atoms with Gasteiger partial charge in [0.25, 0.3) is 0 Å². The Morgan fingerprint density at radius 1 is 0.634 bits per heavy atom. The number of unbranched alkanes of at least 4 members (excludes halogenated alkanes) is 12. The molecule has 0 atom stereocenters. The summed E-state index contributed by atoms with van der Waals surface area (Å²) >= 11 is 0. The van der Waals surface area contributed by atoms with Crippen LogP contribution in [0.4, 0.5) is 0 Å². The van der Waals surface area contributed by atoms with Gasteiger partial charge in [-0.3, -0.25) is 4.79 Å². The van der Waals surface area contributed by atoms with Crippen molar-refractivity contribution in [3.05, 3.63) is 59.7 Å². The molecule has 5 heteroatoms. The van der Waals surface area contributed by atoms with Crippen LogP contribution in [0.3, 0.4) is 0 Å². The second kappa shape index (κ2) is 27.8. The van der Waals surface area contributed by atoms with E-state index in [1.165, 1.54) is 69.8 Å². The molecule has 0 radical (unpaired) electrons. The third-order valence-electron chi connectivity index (χ3n) is 7.18. The molecule has 0 amide bonds. The maximum atomic E-state index is 12.2. The van der Waals surface area contributed by atoms with Crippen molar-refractivity contribution < 1.29 is 19.1 Å². The first-order valence-electron chi connectivity index (χ1n) is 16.6. The molecule has 0 saturated carbocycles. The van der Waals surface area contributed by atoms with E-state index in [1.54, 1.807) is 0 Å². The molecule has 5 nitrogen and oxygen atoms in total. The van der Waals surface area contributed by atoms with Gasteiger partial charge in [0.05, 0.1) is 5.56 Å². The van der Waals surface area contributed by atoms with Crippen LogP contribution in [0.15, 0.2) is 48.6 Å². The van der Waals surface area contributed by atoms with Crippen molar-refractivity contribution in [1.29, 1.82) is 0 Å². The molecule has 1 aromatic rings. The summed E-state index contributed by atoms with van der Waals surface area (Å²) in [4.78, 5) is 24.0. The number of benzene rings is 1. The zero-order valence-electron chi connectivity index (χ0n) is 26.3. The average molecular weight is 570 g/mol. The number of rotatable bonds is 27. The van der Waals surface area contributed by atoms with Crippen molar-refractivity contribution in [2.45, 2.75) is 129 Å². The highest BCUT2D eigenvalue weighted by Gasteiger charge is 2.06. The van der Waals surface area contributed by atoms with Gasteiger partial charge in [0, 0.05) is 6.42 Å². The zero-order chi connectivity index (χ0) is 29.6. The first-order chi connectivity index (χ1) is 20.2. The highest BCUT2D eigenvalue weighted by atomic mass is 16.5.